The largest absolute Gasteiger partial charge is 0.354 e. The number of rotatable bonds is 4. The van der Waals surface area contributed by atoms with E-state index in [2.05, 4.69) is 20.6 Å². The van der Waals surface area contributed by atoms with Crippen LogP contribution in [0.25, 0.3) is 0 Å². The smallest absolute Gasteiger partial charge is 0.319 e. The fourth-order valence-corrected chi connectivity index (χ4v) is 2.28. The quantitative estimate of drug-likeness (QED) is 0.649. The van der Waals surface area contributed by atoms with Gasteiger partial charge < -0.3 is 10.6 Å². The maximum Gasteiger partial charge on any atom is 0.319 e. The van der Waals surface area contributed by atoms with Gasteiger partial charge in [-0.25, -0.2) is 4.98 Å². The summed E-state index contributed by atoms with van der Waals surface area (Å²) in [5, 5.41) is 6.31. The van der Waals surface area contributed by atoms with E-state index in [0.717, 1.165) is 17.4 Å². The molecule has 19 heavy (non-hydrogen) atoms. The van der Waals surface area contributed by atoms with Crippen molar-refractivity contribution >= 4 is 5.96 Å². The molecule has 0 amide bonds. The summed E-state index contributed by atoms with van der Waals surface area (Å²) >= 11 is 0. The van der Waals surface area contributed by atoms with Crippen LogP contribution in [-0.4, -0.2) is 28.6 Å². The number of aliphatic imine (C=N–C) groups is 1. The molecule has 1 saturated carbocycles. The molecule has 0 saturated heterocycles. The SMILES string of the molecule is CN=C(NCc1nccn1C(F)F)NC1CCCC1. The molecule has 0 atom stereocenters. The van der Waals surface area contributed by atoms with Gasteiger partial charge in [-0.05, 0) is 12.8 Å². The zero-order valence-corrected chi connectivity index (χ0v) is 10.9. The Kier molecular flexibility index (Phi) is 4.70. The summed E-state index contributed by atoms with van der Waals surface area (Å²) in [4.78, 5) is 8.01. The highest BCUT2D eigenvalue weighted by Crippen LogP contribution is 2.17. The second-order valence-corrected chi connectivity index (χ2v) is 4.58. The van der Waals surface area contributed by atoms with E-state index in [9.17, 15) is 8.78 Å². The topological polar surface area (TPSA) is 54.2 Å². The molecule has 0 unspecified atom stereocenters. The molecule has 1 fully saturated rings. The molecule has 2 N–H and O–H groups in total. The zero-order valence-electron chi connectivity index (χ0n) is 10.9. The van der Waals surface area contributed by atoms with Crippen molar-refractivity contribution in [2.24, 2.45) is 4.99 Å². The standard InChI is InChI=1S/C12H19F2N5/c1-15-12(18-9-4-2-3-5-9)17-8-10-16-6-7-19(10)11(13)14/h6-7,9,11H,2-5,8H2,1H3,(H2,15,17,18). The van der Waals surface area contributed by atoms with Gasteiger partial charge >= 0.3 is 6.55 Å². The van der Waals surface area contributed by atoms with Crippen LogP contribution in [0.1, 0.15) is 38.1 Å². The third-order valence-corrected chi connectivity index (χ3v) is 3.29. The third-order valence-electron chi connectivity index (χ3n) is 3.29. The summed E-state index contributed by atoms with van der Waals surface area (Å²) in [6.07, 6.45) is 7.36. The Morgan fingerprint density at radius 3 is 2.89 bits per heavy atom. The van der Waals surface area contributed by atoms with E-state index in [1.54, 1.807) is 7.05 Å². The van der Waals surface area contributed by atoms with Crippen molar-refractivity contribution in [2.45, 2.75) is 44.8 Å². The van der Waals surface area contributed by atoms with E-state index in [1.807, 2.05) is 0 Å². The second-order valence-electron chi connectivity index (χ2n) is 4.58. The highest BCUT2D eigenvalue weighted by Gasteiger charge is 2.16. The van der Waals surface area contributed by atoms with E-state index in [0.29, 0.717) is 17.8 Å². The van der Waals surface area contributed by atoms with E-state index >= 15 is 0 Å². The van der Waals surface area contributed by atoms with E-state index in [1.165, 1.54) is 25.2 Å². The van der Waals surface area contributed by atoms with Crippen molar-refractivity contribution in [3.05, 3.63) is 18.2 Å². The molecule has 1 heterocycles. The Morgan fingerprint density at radius 2 is 2.26 bits per heavy atom. The summed E-state index contributed by atoms with van der Waals surface area (Å²) in [5.41, 5.74) is 0. The minimum Gasteiger partial charge on any atom is -0.354 e. The summed E-state index contributed by atoms with van der Waals surface area (Å²) in [7, 11) is 1.67. The van der Waals surface area contributed by atoms with E-state index in [-0.39, 0.29) is 6.54 Å². The Morgan fingerprint density at radius 1 is 1.53 bits per heavy atom. The minimum atomic E-state index is -2.57. The highest BCUT2D eigenvalue weighted by molar-refractivity contribution is 5.79. The number of hydrogen-bond donors (Lipinski definition) is 2. The zero-order chi connectivity index (χ0) is 13.7. The fourth-order valence-electron chi connectivity index (χ4n) is 2.28. The average molecular weight is 271 g/mol. The molecule has 1 aliphatic rings. The number of hydrogen-bond acceptors (Lipinski definition) is 2. The minimum absolute atomic E-state index is 0.226. The van der Waals surface area contributed by atoms with Crippen LogP contribution in [0.2, 0.25) is 0 Å². The van der Waals surface area contributed by atoms with Crippen molar-refractivity contribution in [3.63, 3.8) is 0 Å². The normalized spacial score (nSPS) is 17.2. The lowest BCUT2D eigenvalue weighted by Crippen LogP contribution is -2.42. The van der Waals surface area contributed by atoms with Crippen molar-refractivity contribution in [1.82, 2.24) is 20.2 Å². The van der Waals surface area contributed by atoms with Gasteiger partial charge in [0.25, 0.3) is 0 Å². The predicted octanol–water partition coefficient (Wildman–Crippen LogP) is 1.89. The number of alkyl halides is 2. The number of nitrogens with one attached hydrogen (secondary N) is 2. The van der Waals surface area contributed by atoms with Crippen LogP contribution in [0.3, 0.4) is 0 Å². The molecule has 1 aromatic heterocycles. The molecule has 0 bridgehead atoms. The molecule has 7 heteroatoms. The molecule has 0 aromatic carbocycles. The first kappa shape index (κ1) is 13.8. The van der Waals surface area contributed by atoms with Crippen molar-refractivity contribution in [3.8, 4) is 0 Å². The molecule has 1 aromatic rings. The first-order chi connectivity index (χ1) is 9.20. The van der Waals surface area contributed by atoms with Crippen molar-refractivity contribution in [1.29, 1.82) is 0 Å². The predicted molar refractivity (Wildman–Crippen MR) is 69.1 cm³/mol. The Balaban J connectivity index is 1.87. The molecule has 1 aliphatic carbocycles. The third kappa shape index (κ3) is 3.65. The van der Waals surface area contributed by atoms with E-state index < -0.39 is 6.55 Å². The van der Waals surface area contributed by atoms with E-state index in [4.69, 9.17) is 0 Å². The lowest BCUT2D eigenvalue weighted by Gasteiger charge is -2.17. The van der Waals surface area contributed by atoms with Crippen LogP contribution in [0.4, 0.5) is 8.78 Å². The highest BCUT2D eigenvalue weighted by atomic mass is 19.3. The average Bonchev–Trinajstić information content (AvgIpc) is 3.05. The van der Waals surface area contributed by atoms with Gasteiger partial charge in [0.15, 0.2) is 5.96 Å². The molecule has 5 nitrogen and oxygen atoms in total. The van der Waals surface area contributed by atoms with Gasteiger partial charge in [0, 0.05) is 25.5 Å². The number of halogens is 2. The molecule has 0 spiro atoms. The molecular weight excluding hydrogens is 252 g/mol. The van der Waals surface area contributed by atoms with Crippen LogP contribution in [0, 0.1) is 0 Å². The van der Waals surface area contributed by atoms with Gasteiger partial charge in [0.05, 0.1) is 6.54 Å². The summed E-state index contributed by atoms with van der Waals surface area (Å²) in [6.45, 7) is -2.34. The van der Waals surface area contributed by atoms with Crippen molar-refractivity contribution in [2.75, 3.05) is 7.05 Å². The molecule has 106 valence electrons. The van der Waals surface area contributed by atoms with Gasteiger partial charge in [0.2, 0.25) is 0 Å². The van der Waals surface area contributed by atoms with Crippen LogP contribution < -0.4 is 10.6 Å². The first-order valence-electron chi connectivity index (χ1n) is 6.47. The maximum atomic E-state index is 12.6. The Bertz CT molecular complexity index is 424. The Hall–Kier alpha value is -1.66. The van der Waals surface area contributed by atoms with Crippen LogP contribution >= 0.6 is 0 Å². The lowest BCUT2D eigenvalue weighted by molar-refractivity contribution is 0.0668. The molecule has 0 radical (unpaired) electrons. The van der Waals surface area contributed by atoms with Gasteiger partial charge in [0.1, 0.15) is 5.82 Å². The van der Waals surface area contributed by atoms with Crippen LogP contribution in [-0.2, 0) is 6.54 Å². The second kappa shape index (κ2) is 6.49. The van der Waals surface area contributed by atoms with Crippen LogP contribution in [0.15, 0.2) is 17.4 Å². The lowest BCUT2D eigenvalue weighted by atomic mass is 10.2. The van der Waals surface area contributed by atoms with Gasteiger partial charge in [-0.3, -0.25) is 9.56 Å². The fraction of sp³-hybridized carbons (Fsp3) is 0.667. The maximum absolute atomic E-state index is 12.6. The number of imidazole rings is 1. The van der Waals surface area contributed by atoms with Gasteiger partial charge in [-0.15, -0.1) is 0 Å². The summed E-state index contributed by atoms with van der Waals surface area (Å²) in [6, 6.07) is 0.432. The summed E-state index contributed by atoms with van der Waals surface area (Å²) in [5.74, 6) is 0.931. The van der Waals surface area contributed by atoms with Crippen molar-refractivity contribution < 1.29 is 8.78 Å². The van der Waals surface area contributed by atoms with Gasteiger partial charge in [-0.2, -0.15) is 8.78 Å². The molecule has 2 rings (SSSR count). The first-order valence-corrected chi connectivity index (χ1v) is 6.47. The number of nitrogens with zero attached hydrogens (tertiary/aromatic N) is 3. The number of aromatic nitrogens is 2. The monoisotopic (exact) mass is 271 g/mol. The molecule has 0 aliphatic heterocycles. The number of guanidine groups is 1. The summed E-state index contributed by atoms with van der Waals surface area (Å²) < 4.78 is 26.1. The van der Waals surface area contributed by atoms with Gasteiger partial charge in [-0.1, -0.05) is 12.8 Å². The van der Waals surface area contributed by atoms with Crippen LogP contribution in [0.5, 0.6) is 0 Å². The molecular formula is C12H19F2N5. The Labute approximate surface area is 111 Å².